The lowest BCUT2D eigenvalue weighted by molar-refractivity contribution is -0.116. The van der Waals surface area contributed by atoms with Crippen molar-refractivity contribution < 1.29 is 9.21 Å². The van der Waals surface area contributed by atoms with E-state index < -0.39 is 5.76 Å². The van der Waals surface area contributed by atoms with Crippen molar-refractivity contribution >= 4 is 45.1 Å². The van der Waals surface area contributed by atoms with Gasteiger partial charge in [0.25, 0.3) is 0 Å². The summed E-state index contributed by atoms with van der Waals surface area (Å²) < 4.78 is 6.49. The Labute approximate surface area is 133 Å². The fourth-order valence-corrected chi connectivity index (χ4v) is 2.76. The predicted octanol–water partition coefficient (Wildman–Crippen LogP) is 2.44. The molecule has 2 heterocycles. The molecule has 0 aliphatic rings. The smallest absolute Gasteiger partial charge is 0.408 e. The first-order valence-electron chi connectivity index (χ1n) is 6.42. The molecule has 0 aliphatic carbocycles. The van der Waals surface area contributed by atoms with E-state index in [1.165, 1.54) is 15.9 Å². The van der Waals surface area contributed by atoms with Crippen LogP contribution in [0.1, 0.15) is 11.4 Å². The number of halogens is 1. The van der Waals surface area contributed by atoms with Gasteiger partial charge < -0.3 is 9.73 Å². The fourth-order valence-electron chi connectivity index (χ4n) is 1.99. The van der Waals surface area contributed by atoms with Gasteiger partial charge in [-0.25, -0.2) is 4.79 Å². The van der Waals surface area contributed by atoms with Crippen molar-refractivity contribution in [2.24, 2.45) is 0 Å². The Morgan fingerprint density at radius 1 is 1.45 bits per heavy atom. The standard InChI is InChI=1S/C13H11ClN4O3S/c1-7-16-17-12(22-7)15-11(19)4-5-18-9-6-8(14)2-3-10(9)21-13(18)20/h2-3,6H,4-5H2,1H3,(H,15,17,19). The van der Waals surface area contributed by atoms with Gasteiger partial charge in [0.1, 0.15) is 5.01 Å². The maximum atomic E-state index is 11.9. The number of anilines is 1. The summed E-state index contributed by atoms with van der Waals surface area (Å²) in [7, 11) is 0. The van der Waals surface area contributed by atoms with Crippen molar-refractivity contribution in [3.05, 3.63) is 38.8 Å². The summed E-state index contributed by atoms with van der Waals surface area (Å²) in [6.45, 7) is 1.99. The van der Waals surface area contributed by atoms with E-state index in [1.54, 1.807) is 25.1 Å². The molecular formula is C13H11ClN4O3S. The average Bonchev–Trinajstić information content (AvgIpc) is 2.99. The van der Waals surface area contributed by atoms with Crippen LogP contribution in [0.2, 0.25) is 5.02 Å². The number of fused-ring (bicyclic) bond motifs is 1. The zero-order valence-corrected chi connectivity index (χ0v) is 13.1. The number of carbonyl (C=O) groups excluding carboxylic acids is 1. The minimum Gasteiger partial charge on any atom is -0.408 e. The minimum absolute atomic E-state index is 0.111. The number of aromatic nitrogens is 3. The van der Waals surface area contributed by atoms with Crippen molar-refractivity contribution in [1.29, 1.82) is 0 Å². The molecule has 1 amide bonds. The van der Waals surface area contributed by atoms with Crippen LogP contribution in [0.5, 0.6) is 0 Å². The monoisotopic (exact) mass is 338 g/mol. The molecule has 0 unspecified atom stereocenters. The van der Waals surface area contributed by atoms with Crippen LogP contribution in [0.3, 0.4) is 0 Å². The first-order valence-corrected chi connectivity index (χ1v) is 7.61. The fraction of sp³-hybridized carbons (Fsp3) is 0.231. The van der Waals surface area contributed by atoms with E-state index in [9.17, 15) is 9.59 Å². The van der Waals surface area contributed by atoms with Gasteiger partial charge in [-0.05, 0) is 25.1 Å². The Balaban J connectivity index is 1.73. The van der Waals surface area contributed by atoms with Crippen LogP contribution in [-0.2, 0) is 11.3 Å². The number of carbonyl (C=O) groups is 1. The quantitative estimate of drug-likeness (QED) is 0.789. The molecule has 0 fully saturated rings. The van der Waals surface area contributed by atoms with Crippen molar-refractivity contribution in [3.63, 3.8) is 0 Å². The van der Waals surface area contributed by atoms with Crippen molar-refractivity contribution in [1.82, 2.24) is 14.8 Å². The highest BCUT2D eigenvalue weighted by atomic mass is 35.5. The molecule has 22 heavy (non-hydrogen) atoms. The lowest BCUT2D eigenvalue weighted by atomic mass is 10.3. The largest absolute Gasteiger partial charge is 0.419 e. The van der Waals surface area contributed by atoms with Crippen LogP contribution >= 0.6 is 22.9 Å². The summed E-state index contributed by atoms with van der Waals surface area (Å²) in [5, 5.41) is 12.0. The number of oxazole rings is 1. The first kappa shape index (κ1) is 14.7. The first-order chi connectivity index (χ1) is 10.5. The Morgan fingerprint density at radius 3 is 3.00 bits per heavy atom. The average molecular weight is 339 g/mol. The van der Waals surface area contributed by atoms with Gasteiger partial charge in [-0.1, -0.05) is 22.9 Å². The molecule has 2 aromatic heterocycles. The van der Waals surface area contributed by atoms with Crippen molar-refractivity contribution in [2.45, 2.75) is 19.9 Å². The summed E-state index contributed by atoms with van der Waals surface area (Å²) in [6.07, 6.45) is 0.111. The Kier molecular flexibility index (Phi) is 3.95. The minimum atomic E-state index is -0.517. The van der Waals surface area contributed by atoms with E-state index >= 15 is 0 Å². The van der Waals surface area contributed by atoms with E-state index in [0.717, 1.165) is 5.01 Å². The predicted molar refractivity (Wildman–Crippen MR) is 83.4 cm³/mol. The van der Waals surface area contributed by atoms with Gasteiger partial charge in [0.15, 0.2) is 5.58 Å². The zero-order chi connectivity index (χ0) is 15.7. The van der Waals surface area contributed by atoms with Crippen molar-refractivity contribution in [3.8, 4) is 0 Å². The van der Waals surface area contributed by atoms with E-state index in [2.05, 4.69) is 15.5 Å². The highest BCUT2D eigenvalue weighted by Crippen LogP contribution is 2.19. The zero-order valence-electron chi connectivity index (χ0n) is 11.5. The topological polar surface area (TPSA) is 90.0 Å². The lowest BCUT2D eigenvalue weighted by Crippen LogP contribution is -2.19. The van der Waals surface area contributed by atoms with Gasteiger partial charge >= 0.3 is 5.76 Å². The summed E-state index contributed by atoms with van der Waals surface area (Å²) in [5.74, 6) is -0.767. The highest BCUT2D eigenvalue weighted by molar-refractivity contribution is 7.15. The van der Waals surface area contributed by atoms with E-state index in [0.29, 0.717) is 21.3 Å². The molecule has 3 aromatic rings. The number of rotatable bonds is 4. The maximum Gasteiger partial charge on any atom is 0.419 e. The molecular weight excluding hydrogens is 328 g/mol. The second-order valence-electron chi connectivity index (χ2n) is 4.56. The SMILES string of the molecule is Cc1nnc(NC(=O)CCn2c(=O)oc3ccc(Cl)cc32)s1. The normalized spacial score (nSPS) is 11.0. The molecule has 0 saturated carbocycles. The van der Waals surface area contributed by atoms with Gasteiger partial charge in [0, 0.05) is 18.0 Å². The molecule has 0 spiro atoms. The highest BCUT2D eigenvalue weighted by Gasteiger charge is 2.12. The number of aryl methyl sites for hydroxylation is 2. The third kappa shape index (κ3) is 3.02. The molecule has 3 rings (SSSR count). The van der Waals surface area contributed by atoms with Crippen LogP contribution in [0.4, 0.5) is 5.13 Å². The maximum absolute atomic E-state index is 11.9. The third-order valence-corrected chi connectivity index (χ3v) is 3.95. The Hall–Kier alpha value is -2.19. The molecule has 1 N–H and O–H groups in total. The van der Waals surface area contributed by atoms with Crippen LogP contribution in [0.25, 0.3) is 11.1 Å². The van der Waals surface area contributed by atoms with Crippen LogP contribution in [0, 0.1) is 6.92 Å². The number of nitrogens with zero attached hydrogens (tertiary/aromatic N) is 3. The number of hydrogen-bond donors (Lipinski definition) is 1. The molecule has 0 aliphatic heterocycles. The lowest BCUT2D eigenvalue weighted by Gasteiger charge is -2.02. The van der Waals surface area contributed by atoms with E-state index in [-0.39, 0.29) is 18.9 Å². The van der Waals surface area contributed by atoms with Gasteiger partial charge in [0.2, 0.25) is 11.0 Å². The molecule has 0 atom stereocenters. The number of benzene rings is 1. The third-order valence-electron chi connectivity index (χ3n) is 2.96. The summed E-state index contributed by atoms with van der Waals surface area (Å²) >= 11 is 7.21. The van der Waals surface area contributed by atoms with Crippen LogP contribution in [0.15, 0.2) is 27.4 Å². The van der Waals surface area contributed by atoms with Gasteiger partial charge in [-0.2, -0.15) is 0 Å². The molecule has 7 nitrogen and oxygen atoms in total. The second kappa shape index (κ2) is 5.90. The molecule has 9 heteroatoms. The van der Waals surface area contributed by atoms with Crippen molar-refractivity contribution in [2.75, 3.05) is 5.32 Å². The van der Waals surface area contributed by atoms with E-state index in [4.69, 9.17) is 16.0 Å². The van der Waals surface area contributed by atoms with Gasteiger partial charge in [-0.15, -0.1) is 10.2 Å². The molecule has 1 aromatic carbocycles. The second-order valence-corrected chi connectivity index (χ2v) is 6.17. The summed E-state index contributed by atoms with van der Waals surface area (Å²) in [4.78, 5) is 23.7. The molecule has 0 radical (unpaired) electrons. The molecule has 0 saturated heterocycles. The Bertz CT molecular complexity index is 898. The number of amides is 1. The van der Waals surface area contributed by atoms with Gasteiger partial charge in [-0.3, -0.25) is 9.36 Å². The van der Waals surface area contributed by atoms with Gasteiger partial charge in [0.05, 0.1) is 5.52 Å². The Morgan fingerprint density at radius 2 is 2.27 bits per heavy atom. The van der Waals surface area contributed by atoms with E-state index in [1.807, 2.05) is 0 Å². The summed E-state index contributed by atoms with van der Waals surface area (Å²) in [5.41, 5.74) is 1.01. The molecule has 0 bridgehead atoms. The summed E-state index contributed by atoms with van der Waals surface area (Å²) in [6, 6.07) is 4.90. The number of hydrogen-bond acceptors (Lipinski definition) is 6. The van der Waals surface area contributed by atoms with Crippen LogP contribution < -0.4 is 11.1 Å². The van der Waals surface area contributed by atoms with Crippen LogP contribution in [-0.4, -0.2) is 20.7 Å². The molecule has 114 valence electrons. The number of nitrogens with one attached hydrogen (secondary N) is 1.